The average molecular weight is 220 g/mol. The van der Waals surface area contributed by atoms with Gasteiger partial charge in [0.05, 0.1) is 6.54 Å². The van der Waals surface area contributed by atoms with Crippen LogP contribution >= 0.6 is 12.4 Å². The van der Waals surface area contributed by atoms with Crippen LogP contribution in [-0.2, 0) is 0 Å². The second-order valence-corrected chi connectivity index (χ2v) is 3.26. The Labute approximate surface area is 93.6 Å². The Morgan fingerprint density at radius 2 is 2.27 bits per heavy atom. The molecule has 76 valence electrons. The van der Waals surface area contributed by atoms with Crippen LogP contribution in [0.25, 0.3) is 11.9 Å². The highest BCUT2D eigenvalue weighted by Crippen LogP contribution is 2.11. The van der Waals surface area contributed by atoms with Gasteiger partial charge in [0, 0.05) is 30.0 Å². The van der Waals surface area contributed by atoms with Crippen molar-refractivity contribution in [1.82, 2.24) is 9.88 Å². The van der Waals surface area contributed by atoms with E-state index in [2.05, 4.69) is 21.0 Å². The van der Waals surface area contributed by atoms with Gasteiger partial charge in [-0.25, -0.2) is 4.99 Å². The van der Waals surface area contributed by atoms with Crippen molar-refractivity contribution < 1.29 is 0 Å². The Balaban J connectivity index is 0.000000853. The summed E-state index contributed by atoms with van der Waals surface area (Å²) in [5, 5.41) is 2.28. The third kappa shape index (κ3) is 1.55. The molecule has 0 spiro atoms. The zero-order valence-electron chi connectivity index (χ0n) is 8.00. The van der Waals surface area contributed by atoms with E-state index < -0.39 is 0 Å². The molecule has 3 rings (SSSR count). The Hall–Kier alpha value is -1.61. The second kappa shape index (κ2) is 3.87. The lowest BCUT2D eigenvalue weighted by Crippen LogP contribution is -2.29. The lowest BCUT2D eigenvalue weighted by molar-refractivity contribution is 0.622. The van der Waals surface area contributed by atoms with E-state index >= 15 is 0 Å². The van der Waals surface area contributed by atoms with E-state index in [0.717, 1.165) is 17.6 Å². The molecule has 3 nitrogen and oxygen atoms in total. The van der Waals surface area contributed by atoms with Crippen molar-refractivity contribution in [2.75, 3.05) is 6.54 Å². The summed E-state index contributed by atoms with van der Waals surface area (Å²) < 4.78 is 0. The fourth-order valence-corrected chi connectivity index (χ4v) is 1.72. The van der Waals surface area contributed by atoms with Gasteiger partial charge < -0.3 is 4.90 Å². The van der Waals surface area contributed by atoms with Gasteiger partial charge in [-0.2, -0.15) is 0 Å². The topological polar surface area (TPSA) is 28.5 Å². The molecule has 1 aromatic rings. The largest absolute Gasteiger partial charge is 0.327 e. The molecule has 0 unspecified atom stereocenters. The van der Waals surface area contributed by atoms with Crippen molar-refractivity contribution in [3.8, 4) is 0 Å². The Morgan fingerprint density at radius 1 is 1.33 bits per heavy atom. The average Bonchev–Trinajstić information content (AvgIpc) is 2.61. The summed E-state index contributed by atoms with van der Waals surface area (Å²) in [6.07, 6.45) is 11.8. The predicted molar refractivity (Wildman–Crippen MR) is 62.9 cm³/mol. The Bertz CT molecular complexity index is 545. The molecular weight excluding hydrogens is 210 g/mol. The van der Waals surface area contributed by atoms with Gasteiger partial charge in [0.1, 0.15) is 5.82 Å². The van der Waals surface area contributed by atoms with Crippen LogP contribution in [0.5, 0.6) is 0 Å². The third-order valence-corrected chi connectivity index (χ3v) is 2.40. The number of nitrogens with zero attached hydrogens (tertiary/aromatic N) is 3. The SMILES string of the molecule is C1=CN2CC=NC2=c2cnccc2=C1.Cl. The minimum atomic E-state index is 0. The third-order valence-electron chi connectivity index (χ3n) is 2.40. The molecular formula is C11H10ClN3. The highest BCUT2D eigenvalue weighted by Gasteiger charge is 2.12. The molecule has 0 amide bonds. The summed E-state index contributed by atoms with van der Waals surface area (Å²) >= 11 is 0. The number of halogens is 1. The minimum Gasteiger partial charge on any atom is -0.327 e. The van der Waals surface area contributed by atoms with Gasteiger partial charge in [0.25, 0.3) is 0 Å². The van der Waals surface area contributed by atoms with Gasteiger partial charge in [0.15, 0.2) is 0 Å². The summed E-state index contributed by atoms with van der Waals surface area (Å²) in [5.74, 6) is 0.998. The number of aromatic nitrogens is 1. The Kier molecular flexibility index (Phi) is 2.56. The maximum atomic E-state index is 4.37. The number of hydrogen-bond donors (Lipinski definition) is 0. The molecule has 0 radical (unpaired) electrons. The Morgan fingerprint density at radius 3 is 3.20 bits per heavy atom. The van der Waals surface area contributed by atoms with Crippen LogP contribution in [-0.4, -0.2) is 22.6 Å². The smallest absolute Gasteiger partial charge is 0.141 e. The first-order chi connectivity index (χ1) is 6.95. The molecule has 15 heavy (non-hydrogen) atoms. The van der Waals surface area contributed by atoms with Crippen LogP contribution < -0.4 is 10.4 Å². The van der Waals surface area contributed by atoms with Gasteiger partial charge in [-0.3, -0.25) is 4.98 Å². The van der Waals surface area contributed by atoms with Crippen LogP contribution in [0, 0.1) is 0 Å². The lowest BCUT2D eigenvalue weighted by Gasteiger charge is -2.10. The molecule has 0 saturated carbocycles. The number of aliphatic imine (C=N–C) groups is 1. The first kappa shape index (κ1) is 9.93. The summed E-state index contributed by atoms with van der Waals surface area (Å²) in [5.41, 5.74) is 0. The molecule has 4 heteroatoms. The van der Waals surface area contributed by atoms with E-state index in [4.69, 9.17) is 0 Å². The molecule has 2 aliphatic rings. The van der Waals surface area contributed by atoms with Crippen LogP contribution in [0.1, 0.15) is 0 Å². The minimum absolute atomic E-state index is 0. The monoisotopic (exact) mass is 219 g/mol. The fourth-order valence-electron chi connectivity index (χ4n) is 1.72. The van der Waals surface area contributed by atoms with Crippen LogP contribution in [0.4, 0.5) is 0 Å². The second-order valence-electron chi connectivity index (χ2n) is 3.26. The first-order valence-electron chi connectivity index (χ1n) is 4.57. The van der Waals surface area contributed by atoms with Crippen molar-refractivity contribution in [3.63, 3.8) is 0 Å². The van der Waals surface area contributed by atoms with Crippen LogP contribution in [0.2, 0.25) is 0 Å². The highest BCUT2D eigenvalue weighted by molar-refractivity contribution is 5.85. The molecule has 0 bridgehead atoms. The normalized spacial score (nSPS) is 16.3. The van der Waals surface area contributed by atoms with E-state index in [1.807, 2.05) is 30.8 Å². The van der Waals surface area contributed by atoms with E-state index in [1.54, 1.807) is 6.20 Å². The zero-order valence-corrected chi connectivity index (χ0v) is 8.81. The van der Waals surface area contributed by atoms with E-state index in [0.29, 0.717) is 0 Å². The van der Waals surface area contributed by atoms with E-state index in [1.165, 1.54) is 5.22 Å². The molecule has 2 aliphatic heterocycles. The number of hydrogen-bond acceptors (Lipinski definition) is 3. The number of allylic oxidation sites excluding steroid dienone is 1. The van der Waals surface area contributed by atoms with Crippen molar-refractivity contribution in [2.45, 2.75) is 0 Å². The van der Waals surface area contributed by atoms with Gasteiger partial charge in [-0.15, -0.1) is 12.4 Å². The summed E-state index contributed by atoms with van der Waals surface area (Å²) in [7, 11) is 0. The zero-order chi connectivity index (χ0) is 9.38. The molecule has 0 N–H and O–H groups in total. The van der Waals surface area contributed by atoms with Crippen LogP contribution in [0.15, 0.2) is 35.7 Å². The molecule has 3 heterocycles. The van der Waals surface area contributed by atoms with Gasteiger partial charge in [-0.1, -0.05) is 6.08 Å². The molecule has 0 aromatic carbocycles. The molecule has 0 saturated heterocycles. The van der Waals surface area contributed by atoms with Crippen molar-refractivity contribution in [3.05, 3.63) is 41.2 Å². The summed E-state index contributed by atoms with van der Waals surface area (Å²) in [6, 6.07) is 2.00. The van der Waals surface area contributed by atoms with Gasteiger partial charge in [-0.05, 0) is 17.4 Å². The number of fused-ring (bicyclic) bond motifs is 2. The van der Waals surface area contributed by atoms with Gasteiger partial charge >= 0.3 is 0 Å². The fraction of sp³-hybridized carbons (Fsp3) is 0.0909. The molecule has 0 aliphatic carbocycles. The standard InChI is InChI=1S/C11H9N3.ClH/c1-2-9-3-4-12-8-10(9)11-13-5-7-14(11)6-1;/h1-6,8H,7H2;1H. The summed E-state index contributed by atoms with van der Waals surface area (Å²) in [6.45, 7) is 0.855. The van der Waals surface area contributed by atoms with E-state index in [9.17, 15) is 0 Å². The number of rotatable bonds is 0. The number of pyridine rings is 1. The van der Waals surface area contributed by atoms with Crippen molar-refractivity contribution in [2.24, 2.45) is 4.99 Å². The lowest BCUT2D eigenvalue weighted by atomic mass is 10.3. The van der Waals surface area contributed by atoms with Crippen molar-refractivity contribution in [1.29, 1.82) is 0 Å². The highest BCUT2D eigenvalue weighted by atomic mass is 35.5. The molecule has 0 fully saturated rings. The van der Waals surface area contributed by atoms with E-state index in [-0.39, 0.29) is 12.4 Å². The first-order valence-corrected chi connectivity index (χ1v) is 4.57. The molecule has 0 atom stereocenters. The van der Waals surface area contributed by atoms with Gasteiger partial charge in [0.2, 0.25) is 0 Å². The summed E-state index contributed by atoms with van der Waals surface area (Å²) in [4.78, 5) is 10.6. The van der Waals surface area contributed by atoms with Crippen molar-refractivity contribution >= 4 is 30.5 Å². The maximum absolute atomic E-state index is 4.37. The van der Waals surface area contributed by atoms with Crippen LogP contribution in [0.3, 0.4) is 0 Å². The maximum Gasteiger partial charge on any atom is 0.141 e. The predicted octanol–water partition coefficient (Wildman–Crippen LogP) is 0.263. The molecule has 1 aromatic heterocycles. The quantitative estimate of drug-likeness (QED) is 0.627.